The van der Waals surface area contributed by atoms with E-state index >= 15 is 0 Å². The molecule has 4 aromatic carbocycles. The molecule has 13 heteroatoms. The van der Waals surface area contributed by atoms with E-state index < -0.39 is 29.8 Å². The number of hydrogen-bond donors (Lipinski definition) is 1. The first kappa shape index (κ1) is 41.9. The highest BCUT2D eigenvalue weighted by Gasteiger charge is 2.22. The van der Waals surface area contributed by atoms with Gasteiger partial charge in [-0.3, -0.25) is 38.7 Å². The maximum Gasteiger partial charge on any atom is 0.320 e. The van der Waals surface area contributed by atoms with Gasteiger partial charge in [0.15, 0.2) is 0 Å². The van der Waals surface area contributed by atoms with Crippen LogP contribution in [-0.2, 0) is 69.3 Å². The van der Waals surface area contributed by atoms with Gasteiger partial charge in [-0.15, -0.1) is 0 Å². The maximum absolute atomic E-state index is 12.9. The summed E-state index contributed by atoms with van der Waals surface area (Å²) in [5.74, 6) is -3.39. The van der Waals surface area contributed by atoms with Gasteiger partial charge in [0.25, 0.3) is 0 Å². The summed E-state index contributed by atoms with van der Waals surface area (Å²) in [6.45, 7) is -0.729. The minimum atomic E-state index is -1.10. The zero-order valence-corrected chi connectivity index (χ0v) is 30.7. The van der Waals surface area contributed by atoms with Crippen LogP contribution in [0.2, 0.25) is 0 Å². The fourth-order valence-electron chi connectivity index (χ4n) is 5.32. The van der Waals surface area contributed by atoms with Crippen molar-refractivity contribution in [1.29, 1.82) is 0 Å². The molecule has 1 N–H and O–H groups in total. The maximum atomic E-state index is 12.9. The van der Waals surface area contributed by atoms with Crippen LogP contribution in [0.4, 0.5) is 0 Å². The molecular formula is C42H47N3O10. The predicted molar refractivity (Wildman–Crippen MR) is 202 cm³/mol. The van der Waals surface area contributed by atoms with Crippen LogP contribution in [-0.4, -0.2) is 109 Å². The fourth-order valence-corrected chi connectivity index (χ4v) is 5.32. The molecule has 55 heavy (non-hydrogen) atoms. The Kier molecular flexibility index (Phi) is 18.0. The molecule has 0 aromatic heterocycles. The van der Waals surface area contributed by atoms with Crippen LogP contribution < -0.4 is 0 Å². The first-order valence-electron chi connectivity index (χ1n) is 17.9. The quantitative estimate of drug-likeness (QED) is 0.0813. The molecule has 0 spiro atoms. The highest BCUT2D eigenvalue weighted by molar-refractivity contribution is 5.76. The van der Waals surface area contributed by atoms with Gasteiger partial charge in [0, 0.05) is 26.2 Å². The third-order valence-corrected chi connectivity index (χ3v) is 8.21. The number of carboxylic acid groups (broad SMARTS) is 1. The van der Waals surface area contributed by atoms with Gasteiger partial charge in [0.2, 0.25) is 0 Å². The summed E-state index contributed by atoms with van der Waals surface area (Å²) in [4.78, 5) is 68.2. The second-order valence-electron chi connectivity index (χ2n) is 12.7. The van der Waals surface area contributed by atoms with Gasteiger partial charge in [-0.25, -0.2) is 0 Å². The van der Waals surface area contributed by atoms with Crippen molar-refractivity contribution in [2.24, 2.45) is 0 Å². The number of carboxylic acids is 1. The van der Waals surface area contributed by atoms with Gasteiger partial charge in [-0.2, -0.15) is 0 Å². The van der Waals surface area contributed by atoms with E-state index in [0.717, 1.165) is 22.3 Å². The molecule has 0 saturated carbocycles. The summed E-state index contributed by atoms with van der Waals surface area (Å²) in [6, 6.07) is 36.7. The van der Waals surface area contributed by atoms with E-state index in [1.165, 1.54) is 9.80 Å². The second-order valence-corrected chi connectivity index (χ2v) is 12.7. The molecule has 0 fully saturated rings. The number of carbonyl (C=O) groups excluding carboxylic acids is 4. The lowest BCUT2D eigenvalue weighted by molar-refractivity contribution is -0.151. The second kappa shape index (κ2) is 23.7. The monoisotopic (exact) mass is 753 g/mol. The molecule has 0 aliphatic carbocycles. The van der Waals surface area contributed by atoms with Crippen molar-refractivity contribution in [2.75, 3.05) is 58.9 Å². The zero-order valence-electron chi connectivity index (χ0n) is 30.7. The van der Waals surface area contributed by atoms with E-state index in [0.29, 0.717) is 0 Å². The lowest BCUT2D eigenvalue weighted by atomic mass is 10.2. The van der Waals surface area contributed by atoms with E-state index in [-0.39, 0.29) is 85.3 Å². The van der Waals surface area contributed by atoms with Gasteiger partial charge in [-0.1, -0.05) is 121 Å². The number of esters is 4. The molecule has 290 valence electrons. The Morgan fingerprint density at radius 2 is 0.600 bits per heavy atom. The highest BCUT2D eigenvalue weighted by Crippen LogP contribution is 2.07. The van der Waals surface area contributed by atoms with Gasteiger partial charge in [-0.05, 0) is 22.3 Å². The van der Waals surface area contributed by atoms with E-state index in [2.05, 4.69) is 0 Å². The smallest absolute Gasteiger partial charge is 0.320 e. The average Bonchev–Trinajstić information content (AvgIpc) is 3.20. The van der Waals surface area contributed by atoms with Crippen LogP contribution in [0.25, 0.3) is 0 Å². The van der Waals surface area contributed by atoms with Crippen molar-refractivity contribution in [2.45, 2.75) is 26.4 Å². The molecule has 0 radical (unpaired) electrons. The van der Waals surface area contributed by atoms with Crippen molar-refractivity contribution in [3.05, 3.63) is 144 Å². The summed E-state index contributed by atoms with van der Waals surface area (Å²) >= 11 is 0. The third kappa shape index (κ3) is 17.7. The highest BCUT2D eigenvalue weighted by atomic mass is 16.5. The normalized spacial score (nSPS) is 11.0. The fraction of sp³-hybridized carbons (Fsp3) is 0.310. The lowest BCUT2D eigenvalue weighted by Crippen LogP contribution is -2.46. The summed E-state index contributed by atoms with van der Waals surface area (Å²) in [5, 5.41) is 9.74. The third-order valence-electron chi connectivity index (χ3n) is 8.21. The average molecular weight is 754 g/mol. The summed E-state index contributed by atoms with van der Waals surface area (Å²) in [5.41, 5.74) is 3.20. The molecule has 0 atom stereocenters. The molecular weight excluding hydrogens is 706 g/mol. The van der Waals surface area contributed by atoms with E-state index in [4.69, 9.17) is 18.9 Å². The Labute approximate surface area is 321 Å². The van der Waals surface area contributed by atoms with Crippen molar-refractivity contribution >= 4 is 29.8 Å². The summed E-state index contributed by atoms with van der Waals surface area (Å²) < 4.78 is 21.8. The van der Waals surface area contributed by atoms with Crippen LogP contribution in [0.5, 0.6) is 0 Å². The van der Waals surface area contributed by atoms with Crippen molar-refractivity contribution in [3.63, 3.8) is 0 Å². The van der Waals surface area contributed by atoms with Gasteiger partial charge in [0.1, 0.15) is 26.4 Å². The number of nitrogens with zero attached hydrogens (tertiary/aromatic N) is 3. The molecule has 0 saturated heterocycles. The van der Waals surface area contributed by atoms with Crippen LogP contribution >= 0.6 is 0 Å². The van der Waals surface area contributed by atoms with Crippen LogP contribution in [0.15, 0.2) is 121 Å². The SMILES string of the molecule is O=C(O)CN(CCN(CC(=O)OCc1ccccc1)CC(=O)OCc1ccccc1)CCN(CC(=O)OCc1ccccc1)CC(=O)OCc1ccccc1. The standard InChI is InChI=1S/C42H47N3O10/c46-38(47)25-43(21-23-44(26-39(48)52-30-34-13-5-1-6-14-34)27-40(49)53-31-35-15-7-2-8-16-35)22-24-45(28-41(50)54-32-36-17-9-3-10-18-36)29-42(51)55-33-37-19-11-4-12-20-37/h1-20H,21-33H2,(H,46,47). The molecule has 0 bridgehead atoms. The Morgan fingerprint density at radius 3 is 0.836 bits per heavy atom. The first-order chi connectivity index (χ1) is 26.7. The number of ether oxygens (including phenoxy) is 4. The molecule has 0 aliphatic rings. The summed E-state index contributed by atoms with van der Waals surface area (Å²) in [7, 11) is 0. The molecule has 0 heterocycles. The topological polar surface area (TPSA) is 152 Å². The first-order valence-corrected chi connectivity index (χ1v) is 17.9. The van der Waals surface area contributed by atoms with E-state index in [1.807, 2.05) is 121 Å². The van der Waals surface area contributed by atoms with Gasteiger partial charge >= 0.3 is 29.8 Å². The Morgan fingerprint density at radius 1 is 0.364 bits per heavy atom. The molecule has 0 unspecified atom stereocenters. The molecule has 4 aromatic rings. The summed E-state index contributed by atoms with van der Waals surface area (Å²) in [6.07, 6.45) is 0. The Balaban J connectivity index is 1.38. The van der Waals surface area contributed by atoms with Gasteiger partial charge < -0.3 is 24.1 Å². The van der Waals surface area contributed by atoms with Crippen LogP contribution in [0, 0.1) is 0 Å². The van der Waals surface area contributed by atoms with Crippen molar-refractivity contribution in [3.8, 4) is 0 Å². The number of hydrogen-bond acceptors (Lipinski definition) is 12. The molecule has 4 rings (SSSR count). The number of carbonyl (C=O) groups is 5. The van der Waals surface area contributed by atoms with Crippen molar-refractivity contribution in [1.82, 2.24) is 14.7 Å². The Hall–Kier alpha value is -5.89. The molecule has 0 amide bonds. The molecule has 0 aliphatic heterocycles. The van der Waals surface area contributed by atoms with Crippen LogP contribution in [0.3, 0.4) is 0 Å². The van der Waals surface area contributed by atoms with Crippen molar-refractivity contribution < 1.29 is 48.0 Å². The minimum absolute atomic E-state index is 0.0501. The van der Waals surface area contributed by atoms with Gasteiger partial charge in [0.05, 0.1) is 32.7 Å². The zero-order chi connectivity index (χ0) is 39.1. The van der Waals surface area contributed by atoms with E-state index in [1.54, 1.807) is 4.90 Å². The number of aliphatic carboxylic acids is 1. The number of benzene rings is 4. The lowest BCUT2D eigenvalue weighted by Gasteiger charge is -2.28. The number of rotatable bonds is 24. The minimum Gasteiger partial charge on any atom is -0.480 e. The predicted octanol–water partition coefficient (Wildman–Crippen LogP) is 3.95. The Bertz CT molecular complexity index is 1520. The van der Waals surface area contributed by atoms with E-state index in [9.17, 15) is 29.1 Å². The molecule has 13 nitrogen and oxygen atoms in total. The largest absolute Gasteiger partial charge is 0.480 e. The van der Waals surface area contributed by atoms with Crippen LogP contribution in [0.1, 0.15) is 22.3 Å².